The maximum atomic E-state index is 12.4. The first-order valence-corrected chi connectivity index (χ1v) is 10.3. The van der Waals surface area contributed by atoms with Crippen molar-refractivity contribution in [3.8, 4) is 0 Å². The third-order valence-electron chi connectivity index (χ3n) is 6.38. The minimum Gasteiger partial charge on any atom is -0.361 e. The summed E-state index contributed by atoms with van der Waals surface area (Å²) in [6, 6.07) is 1.11. The summed E-state index contributed by atoms with van der Waals surface area (Å²) in [5.74, 6) is 1.45. The van der Waals surface area contributed by atoms with Gasteiger partial charge in [0.15, 0.2) is 0 Å². The first-order chi connectivity index (χ1) is 12.6. The summed E-state index contributed by atoms with van der Waals surface area (Å²) in [4.78, 5) is 17.5. The molecule has 1 amide bonds. The van der Waals surface area contributed by atoms with Crippen LogP contribution in [0.1, 0.15) is 55.5 Å². The van der Waals surface area contributed by atoms with E-state index in [4.69, 9.17) is 4.52 Å². The van der Waals surface area contributed by atoms with Crippen LogP contribution in [0.25, 0.3) is 0 Å². The first kappa shape index (κ1) is 18.0. The lowest BCUT2D eigenvalue weighted by Gasteiger charge is -2.42. The van der Waals surface area contributed by atoms with Crippen LogP contribution in [0.2, 0.25) is 0 Å². The van der Waals surface area contributed by atoms with Crippen LogP contribution in [0.4, 0.5) is 0 Å². The predicted octanol–water partition coefficient (Wildman–Crippen LogP) is 2.25. The van der Waals surface area contributed by atoms with Crippen molar-refractivity contribution in [3.05, 3.63) is 17.0 Å². The van der Waals surface area contributed by atoms with Gasteiger partial charge in [-0.15, -0.1) is 0 Å². The van der Waals surface area contributed by atoms with Crippen LogP contribution in [-0.4, -0.2) is 59.1 Å². The van der Waals surface area contributed by atoms with Crippen LogP contribution >= 0.6 is 0 Å². The number of nitrogens with one attached hydrogen (secondary N) is 1. The molecule has 1 aromatic rings. The number of aromatic nitrogens is 1. The Morgan fingerprint density at radius 2 is 1.92 bits per heavy atom. The van der Waals surface area contributed by atoms with Crippen LogP contribution in [0.3, 0.4) is 0 Å². The van der Waals surface area contributed by atoms with Gasteiger partial charge in [0, 0.05) is 30.7 Å². The summed E-state index contributed by atoms with van der Waals surface area (Å²) in [5.41, 5.74) is 2.27. The van der Waals surface area contributed by atoms with Gasteiger partial charge in [-0.3, -0.25) is 14.6 Å². The number of amides is 1. The SMILES string of the molecule is Cc1noc(C)c1CN1CCC(N2CCCC(C(=O)NC3CC3)C2)CC1. The topological polar surface area (TPSA) is 61.6 Å². The zero-order chi connectivity index (χ0) is 18.1. The molecule has 2 aliphatic heterocycles. The number of rotatable bonds is 5. The largest absolute Gasteiger partial charge is 0.361 e. The average Bonchev–Trinajstić information content (AvgIpc) is 3.43. The van der Waals surface area contributed by atoms with E-state index in [2.05, 4.69) is 20.3 Å². The van der Waals surface area contributed by atoms with Gasteiger partial charge >= 0.3 is 0 Å². The van der Waals surface area contributed by atoms with Crippen LogP contribution in [-0.2, 0) is 11.3 Å². The Labute approximate surface area is 156 Å². The van der Waals surface area contributed by atoms with Crippen LogP contribution < -0.4 is 5.32 Å². The van der Waals surface area contributed by atoms with E-state index in [-0.39, 0.29) is 5.92 Å². The van der Waals surface area contributed by atoms with Gasteiger partial charge in [0.1, 0.15) is 5.76 Å². The van der Waals surface area contributed by atoms with Crippen molar-refractivity contribution in [1.82, 2.24) is 20.3 Å². The molecule has 3 heterocycles. The smallest absolute Gasteiger partial charge is 0.224 e. The number of hydrogen-bond donors (Lipinski definition) is 1. The fraction of sp³-hybridized carbons (Fsp3) is 0.800. The molecule has 1 aliphatic carbocycles. The molecule has 0 radical (unpaired) electrons. The van der Waals surface area contributed by atoms with E-state index in [0.29, 0.717) is 18.0 Å². The highest BCUT2D eigenvalue weighted by Crippen LogP contribution is 2.26. The monoisotopic (exact) mass is 360 g/mol. The molecule has 1 saturated carbocycles. The zero-order valence-corrected chi connectivity index (χ0v) is 16.2. The van der Waals surface area contributed by atoms with Crippen LogP contribution in [0.5, 0.6) is 0 Å². The second-order valence-corrected chi connectivity index (χ2v) is 8.43. The summed E-state index contributed by atoms with van der Waals surface area (Å²) in [5, 5.41) is 7.27. The third-order valence-corrected chi connectivity index (χ3v) is 6.38. The molecular weight excluding hydrogens is 328 g/mol. The second kappa shape index (κ2) is 7.69. The molecule has 1 unspecified atom stereocenters. The molecule has 0 bridgehead atoms. The van der Waals surface area contributed by atoms with Gasteiger partial charge in [0.25, 0.3) is 0 Å². The Hall–Kier alpha value is -1.40. The number of hydrogen-bond acceptors (Lipinski definition) is 5. The Morgan fingerprint density at radius 3 is 2.58 bits per heavy atom. The highest BCUT2D eigenvalue weighted by molar-refractivity contribution is 5.79. The maximum absolute atomic E-state index is 12.4. The average molecular weight is 361 g/mol. The Balaban J connectivity index is 1.26. The molecule has 6 nitrogen and oxygen atoms in total. The fourth-order valence-electron chi connectivity index (χ4n) is 4.49. The van der Waals surface area contributed by atoms with E-state index in [9.17, 15) is 4.79 Å². The lowest BCUT2D eigenvalue weighted by atomic mass is 9.93. The van der Waals surface area contributed by atoms with Crippen LogP contribution in [0, 0.1) is 19.8 Å². The number of carbonyl (C=O) groups excluding carboxylic acids is 1. The highest BCUT2D eigenvalue weighted by atomic mass is 16.5. The normalized spacial score (nSPS) is 26.2. The van der Waals surface area contributed by atoms with Crippen molar-refractivity contribution in [2.75, 3.05) is 26.2 Å². The molecule has 4 rings (SSSR count). The van der Waals surface area contributed by atoms with Crippen molar-refractivity contribution in [1.29, 1.82) is 0 Å². The van der Waals surface area contributed by atoms with E-state index in [1.165, 1.54) is 31.2 Å². The molecule has 1 aromatic heterocycles. The Bertz CT molecular complexity index is 612. The van der Waals surface area contributed by atoms with E-state index in [1.807, 2.05) is 13.8 Å². The molecule has 1 atom stereocenters. The van der Waals surface area contributed by atoms with Crippen LogP contribution in [0.15, 0.2) is 4.52 Å². The predicted molar refractivity (Wildman–Crippen MR) is 99.7 cm³/mol. The molecule has 2 saturated heterocycles. The molecule has 3 aliphatic rings. The number of carbonyl (C=O) groups is 1. The molecule has 144 valence electrons. The summed E-state index contributed by atoms with van der Waals surface area (Å²) < 4.78 is 5.30. The van der Waals surface area contributed by atoms with Crippen molar-refractivity contribution in [3.63, 3.8) is 0 Å². The van der Waals surface area contributed by atoms with Gasteiger partial charge in [0.2, 0.25) is 5.91 Å². The molecule has 3 fully saturated rings. The summed E-state index contributed by atoms with van der Waals surface area (Å²) in [7, 11) is 0. The summed E-state index contributed by atoms with van der Waals surface area (Å²) in [6.45, 7) is 9.31. The van der Waals surface area contributed by atoms with Crippen molar-refractivity contribution in [2.45, 2.75) is 71.0 Å². The minimum atomic E-state index is 0.199. The molecule has 26 heavy (non-hydrogen) atoms. The Morgan fingerprint density at radius 1 is 1.15 bits per heavy atom. The lowest BCUT2D eigenvalue weighted by Crippen LogP contribution is -2.50. The summed E-state index contributed by atoms with van der Waals surface area (Å²) >= 11 is 0. The molecular formula is C20H32N4O2. The molecule has 1 N–H and O–H groups in total. The number of aryl methyl sites for hydroxylation is 2. The zero-order valence-electron chi connectivity index (χ0n) is 16.2. The molecule has 0 spiro atoms. The van der Waals surface area contributed by atoms with Gasteiger partial charge in [-0.05, 0) is 72.0 Å². The van der Waals surface area contributed by atoms with Crippen molar-refractivity contribution >= 4 is 5.91 Å². The quantitative estimate of drug-likeness (QED) is 0.873. The Kier molecular flexibility index (Phi) is 5.32. The van der Waals surface area contributed by atoms with E-state index in [0.717, 1.165) is 57.0 Å². The van der Waals surface area contributed by atoms with E-state index in [1.54, 1.807) is 0 Å². The van der Waals surface area contributed by atoms with Gasteiger partial charge < -0.3 is 9.84 Å². The van der Waals surface area contributed by atoms with E-state index < -0.39 is 0 Å². The third kappa shape index (κ3) is 4.12. The van der Waals surface area contributed by atoms with Gasteiger partial charge in [-0.25, -0.2) is 0 Å². The number of piperidine rings is 2. The first-order valence-electron chi connectivity index (χ1n) is 10.3. The maximum Gasteiger partial charge on any atom is 0.224 e. The van der Waals surface area contributed by atoms with Crippen molar-refractivity contribution in [2.24, 2.45) is 5.92 Å². The number of likely N-dealkylation sites (tertiary alicyclic amines) is 2. The standard InChI is InChI=1S/C20H32N4O2/c1-14-19(15(2)26-22-14)13-23-10-7-18(8-11-23)24-9-3-4-16(12-24)20(25)21-17-5-6-17/h16-18H,3-13H2,1-2H3,(H,21,25). The molecule has 0 aromatic carbocycles. The van der Waals surface area contributed by atoms with Gasteiger partial charge in [-0.2, -0.15) is 0 Å². The second-order valence-electron chi connectivity index (χ2n) is 8.43. The summed E-state index contributed by atoms with van der Waals surface area (Å²) in [6.07, 6.45) is 6.94. The van der Waals surface area contributed by atoms with Gasteiger partial charge in [0.05, 0.1) is 11.6 Å². The van der Waals surface area contributed by atoms with E-state index >= 15 is 0 Å². The fourth-order valence-corrected chi connectivity index (χ4v) is 4.49. The van der Waals surface area contributed by atoms with Crippen molar-refractivity contribution < 1.29 is 9.32 Å². The molecule has 6 heteroatoms. The highest BCUT2D eigenvalue weighted by Gasteiger charge is 2.33. The lowest BCUT2D eigenvalue weighted by molar-refractivity contribution is -0.127. The van der Waals surface area contributed by atoms with Gasteiger partial charge in [-0.1, -0.05) is 5.16 Å². The number of nitrogens with zero attached hydrogens (tertiary/aromatic N) is 3. The minimum absolute atomic E-state index is 0.199.